The van der Waals surface area contributed by atoms with E-state index in [4.69, 9.17) is 20.4 Å². The zero-order chi connectivity index (χ0) is 16.5. The Balaban J connectivity index is 1.56. The Kier molecular flexibility index (Phi) is 3.51. The molecule has 4 rings (SSSR count). The lowest BCUT2D eigenvalue weighted by molar-refractivity contribution is 0.102. The van der Waals surface area contributed by atoms with E-state index in [-0.39, 0.29) is 17.8 Å². The number of amides is 1. The van der Waals surface area contributed by atoms with E-state index >= 15 is 0 Å². The highest BCUT2D eigenvalue weighted by atomic mass is 35.5. The number of carbonyl (C=O) groups is 1. The van der Waals surface area contributed by atoms with Gasteiger partial charge in [0.05, 0.1) is 0 Å². The molecular weight excluding hydrogens is 330 g/mol. The van der Waals surface area contributed by atoms with Crippen LogP contribution in [0.4, 0.5) is 6.01 Å². The first-order valence-electron chi connectivity index (χ1n) is 7.08. The summed E-state index contributed by atoms with van der Waals surface area (Å²) in [7, 11) is 0. The van der Waals surface area contributed by atoms with Crippen molar-refractivity contribution in [1.29, 1.82) is 0 Å². The fraction of sp³-hybridized carbons (Fsp3) is 0. The van der Waals surface area contributed by atoms with Crippen molar-refractivity contribution in [1.82, 2.24) is 10.2 Å². The lowest BCUT2D eigenvalue weighted by Gasteiger charge is -2.00. The van der Waals surface area contributed by atoms with Crippen LogP contribution in [0.3, 0.4) is 0 Å². The van der Waals surface area contributed by atoms with E-state index in [1.165, 1.54) is 0 Å². The predicted molar refractivity (Wildman–Crippen MR) is 88.9 cm³/mol. The molecule has 1 N–H and O–H groups in total. The number of rotatable bonds is 3. The van der Waals surface area contributed by atoms with Gasteiger partial charge in [-0.05, 0) is 36.4 Å². The summed E-state index contributed by atoms with van der Waals surface area (Å²) in [4.78, 5) is 12.1. The molecule has 4 aromatic rings. The lowest BCUT2D eigenvalue weighted by atomic mass is 10.2. The first-order chi connectivity index (χ1) is 11.7. The second-order valence-electron chi connectivity index (χ2n) is 5.02. The van der Waals surface area contributed by atoms with Gasteiger partial charge in [-0.3, -0.25) is 10.1 Å². The number of aromatic nitrogens is 2. The van der Waals surface area contributed by atoms with Gasteiger partial charge >= 0.3 is 6.01 Å². The third kappa shape index (κ3) is 2.75. The summed E-state index contributed by atoms with van der Waals surface area (Å²) in [6.45, 7) is 0. The number of hydrogen-bond acceptors (Lipinski definition) is 5. The maximum absolute atomic E-state index is 12.1. The quantitative estimate of drug-likeness (QED) is 0.598. The first-order valence-corrected chi connectivity index (χ1v) is 7.46. The van der Waals surface area contributed by atoms with Gasteiger partial charge in [0.1, 0.15) is 5.58 Å². The number of fused-ring (bicyclic) bond motifs is 1. The first kappa shape index (κ1) is 14.5. The van der Waals surface area contributed by atoms with Crippen molar-refractivity contribution in [2.24, 2.45) is 0 Å². The Labute approximate surface area is 141 Å². The van der Waals surface area contributed by atoms with Gasteiger partial charge in [-0.1, -0.05) is 34.9 Å². The average Bonchev–Trinajstić information content (AvgIpc) is 3.21. The maximum Gasteiger partial charge on any atom is 0.322 e. The van der Waals surface area contributed by atoms with E-state index in [2.05, 4.69) is 15.5 Å². The van der Waals surface area contributed by atoms with Crippen molar-refractivity contribution in [3.8, 4) is 11.7 Å². The van der Waals surface area contributed by atoms with Crippen LogP contribution in [0.2, 0.25) is 5.02 Å². The van der Waals surface area contributed by atoms with Crippen LogP contribution < -0.4 is 5.32 Å². The normalized spacial score (nSPS) is 10.9. The number of nitrogens with zero attached hydrogens (tertiary/aromatic N) is 2. The predicted octanol–water partition coefficient (Wildman–Crippen LogP) is 4.39. The molecule has 118 valence electrons. The maximum atomic E-state index is 12.1. The van der Waals surface area contributed by atoms with Crippen molar-refractivity contribution in [3.63, 3.8) is 0 Å². The number of halogens is 1. The molecule has 2 aromatic heterocycles. The van der Waals surface area contributed by atoms with Gasteiger partial charge in [0, 0.05) is 16.0 Å². The van der Waals surface area contributed by atoms with Crippen LogP contribution in [0.15, 0.2) is 63.4 Å². The van der Waals surface area contributed by atoms with Gasteiger partial charge in [-0.15, -0.1) is 5.10 Å². The van der Waals surface area contributed by atoms with Crippen LogP contribution in [-0.2, 0) is 0 Å². The molecule has 1 amide bonds. The Bertz CT molecular complexity index is 988. The highest BCUT2D eigenvalue weighted by Crippen LogP contribution is 2.27. The van der Waals surface area contributed by atoms with Gasteiger partial charge in [-0.25, -0.2) is 0 Å². The molecule has 0 bridgehead atoms. The van der Waals surface area contributed by atoms with E-state index in [1.807, 2.05) is 24.3 Å². The molecule has 0 aliphatic rings. The molecule has 0 saturated carbocycles. The van der Waals surface area contributed by atoms with Crippen molar-refractivity contribution in [2.75, 3.05) is 5.32 Å². The van der Waals surface area contributed by atoms with Gasteiger partial charge in [0.2, 0.25) is 0 Å². The summed E-state index contributed by atoms with van der Waals surface area (Å²) in [5.41, 5.74) is 1.15. The number of carbonyl (C=O) groups excluding carboxylic acids is 1. The Hall–Kier alpha value is -3.12. The zero-order valence-corrected chi connectivity index (χ0v) is 12.9. The number of para-hydroxylation sites is 1. The smallest absolute Gasteiger partial charge is 0.322 e. The lowest BCUT2D eigenvalue weighted by Crippen LogP contribution is -2.11. The van der Waals surface area contributed by atoms with Crippen LogP contribution in [0.1, 0.15) is 10.4 Å². The monoisotopic (exact) mass is 339 g/mol. The van der Waals surface area contributed by atoms with Crippen molar-refractivity contribution in [2.45, 2.75) is 0 Å². The van der Waals surface area contributed by atoms with Crippen molar-refractivity contribution >= 4 is 34.5 Å². The number of benzene rings is 2. The topological polar surface area (TPSA) is 81.2 Å². The fourth-order valence-corrected chi connectivity index (χ4v) is 2.36. The molecule has 0 aliphatic carbocycles. The summed E-state index contributed by atoms with van der Waals surface area (Å²) in [5, 5.41) is 11.7. The van der Waals surface area contributed by atoms with Crippen LogP contribution in [0, 0.1) is 0 Å². The van der Waals surface area contributed by atoms with E-state index in [9.17, 15) is 4.79 Å². The largest absolute Gasteiger partial charge is 0.451 e. The molecule has 0 radical (unpaired) electrons. The molecule has 24 heavy (non-hydrogen) atoms. The van der Waals surface area contributed by atoms with E-state index < -0.39 is 0 Å². The van der Waals surface area contributed by atoms with Crippen LogP contribution in [0.5, 0.6) is 0 Å². The Morgan fingerprint density at radius 3 is 2.58 bits per heavy atom. The summed E-state index contributed by atoms with van der Waals surface area (Å²) in [6.07, 6.45) is 0. The Morgan fingerprint density at radius 2 is 1.79 bits per heavy atom. The molecule has 6 nitrogen and oxygen atoms in total. The SMILES string of the molecule is O=C(Nc1nnc(-c2cc3ccccc3o2)o1)c1ccc(Cl)cc1. The number of anilines is 1. The van der Waals surface area contributed by atoms with E-state index in [0.717, 1.165) is 11.0 Å². The molecule has 0 saturated heterocycles. The van der Waals surface area contributed by atoms with Gasteiger partial charge < -0.3 is 8.83 Å². The molecule has 0 unspecified atom stereocenters. The molecular formula is C17H10ClN3O3. The van der Waals surface area contributed by atoms with Crippen LogP contribution in [-0.4, -0.2) is 16.1 Å². The third-order valence-corrected chi connectivity index (χ3v) is 3.64. The standard InChI is InChI=1S/C17H10ClN3O3/c18-12-7-5-10(6-8-12)15(22)19-17-21-20-16(24-17)14-9-11-3-1-2-4-13(11)23-14/h1-9H,(H,19,21,22). The zero-order valence-electron chi connectivity index (χ0n) is 12.2. The molecule has 2 heterocycles. The van der Waals surface area contributed by atoms with E-state index in [1.54, 1.807) is 30.3 Å². The van der Waals surface area contributed by atoms with Gasteiger partial charge in [0.25, 0.3) is 11.8 Å². The minimum atomic E-state index is -0.369. The summed E-state index contributed by atoms with van der Waals surface area (Å²) >= 11 is 5.80. The second-order valence-corrected chi connectivity index (χ2v) is 5.46. The minimum Gasteiger partial charge on any atom is -0.451 e. The second kappa shape index (κ2) is 5.82. The number of furan rings is 1. The average molecular weight is 340 g/mol. The molecule has 7 heteroatoms. The minimum absolute atomic E-state index is 0.00888. The molecule has 0 aliphatic heterocycles. The van der Waals surface area contributed by atoms with Crippen LogP contribution >= 0.6 is 11.6 Å². The number of nitrogens with one attached hydrogen (secondary N) is 1. The summed E-state index contributed by atoms with van der Waals surface area (Å²) < 4.78 is 11.1. The van der Waals surface area contributed by atoms with Gasteiger partial charge in [-0.2, -0.15) is 0 Å². The number of hydrogen-bond donors (Lipinski definition) is 1. The van der Waals surface area contributed by atoms with Crippen molar-refractivity contribution < 1.29 is 13.6 Å². The molecule has 0 atom stereocenters. The van der Waals surface area contributed by atoms with Crippen LogP contribution in [0.25, 0.3) is 22.6 Å². The van der Waals surface area contributed by atoms with E-state index in [0.29, 0.717) is 16.3 Å². The highest BCUT2D eigenvalue weighted by Gasteiger charge is 2.15. The highest BCUT2D eigenvalue weighted by molar-refractivity contribution is 6.30. The summed E-state index contributed by atoms with van der Waals surface area (Å²) in [6, 6.07) is 15.8. The molecule has 0 fully saturated rings. The molecule has 0 spiro atoms. The third-order valence-electron chi connectivity index (χ3n) is 3.39. The van der Waals surface area contributed by atoms with Gasteiger partial charge in [0.15, 0.2) is 5.76 Å². The fourth-order valence-electron chi connectivity index (χ4n) is 2.23. The Morgan fingerprint density at radius 1 is 1.00 bits per heavy atom. The molecule has 2 aromatic carbocycles. The van der Waals surface area contributed by atoms with Crippen molar-refractivity contribution in [3.05, 3.63) is 65.2 Å². The summed E-state index contributed by atoms with van der Waals surface area (Å²) in [5.74, 6) is 0.264.